The summed E-state index contributed by atoms with van der Waals surface area (Å²) in [7, 11) is 0. The second-order valence-electron chi connectivity index (χ2n) is 5.00. The summed E-state index contributed by atoms with van der Waals surface area (Å²) in [4.78, 5) is 16.2. The highest BCUT2D eigenvalue weighted by Gasteiger charge is 2.16. The van der Waals surface area contributed by atoms with Gasteiger partial charge in [0.05, 0.1) is 6.54 Å². The number of aliphatic imine (C=N–C) groups is 1. The third kappa shape index (κ3) is 3.59. The van der Waals surface area contributed by atoms with Gasteiger partial charge in [0.25, 0.3) is 5.56 Å². The molecule has 0 radical (unpaired) electrons. The lowest BCUT2D eigenvalue weighted by Gasteiger charge is -2.25. The van der Waals surface area contributed by atoms with Gasteiger partial charge in [0.2, 0.25) is 0 Å². The van der Waals surface area contributed by atoms with Gasteiger partial charge >= 0.3 is 0 Å². The van der Waals surface area contributed by atoms with Crippen LogP contribution in [0, 0.1) is 5.92 Å². The van der Waals surface area contributed by atoms with Crippen LogP contribution in [0.25, 0.3) is 0 Å². The van der Waals surface area contributed by atoms with E-state index in [1.807, 2.05) is 13.0 Å². The van der Waals surface area contributed by atoms with Crippen molar-refractivity contribution >= 4 is 5.96 Å². The van der Waals surface area contributed by atoms with E-state index in [2.05, 4.69) is 10.3 Å². The second-order valence-corrected chi connectivity index (χ2v) is 5.00. The molecule has 104 valence electrons. The van der Waals surface area contributed by atoms with Crippen LogP contribution < -0.4 is 16.6 Å². The minimum Gasteiger partial charge on any atom is -0.370 e. The van der Waals surface area contributed by atoms with Crippen molar-refractivity contribution in [3.63, 3.8) is 0 Å². The molecular weight excluding hydrogens is 240 g/mol. The normalized spacial score (nSPS) is 16.2. The molecule has 1 aromatic rings. The molecule has 0 aliphatic heterocycles. The third-order valence-corrected chi connectivity index (χ3v) is 3.66. The van der Waals surface area contributed by atoms with Crippen LogP contribution in [0.5, 0.6) is 0 Å². The first-order chi connectivity index (χ1) is 9.20. The number of rotatable bonds is 5. The Morgan fingerprint density at radius 2 is 2.37 bits per heavy atom. The Morgan fingerprint density at radius 1 is 1.58 bits per heavy atom. The highest BCUT2D eigenvalue weighted by atomic mass is 16.1. The van der Waals surface area contributed by atoms with E-state index in [1.54, 1.807) is 16.8 Å². The maximum Gasteiger partial charge on any atom is 0.255 e. The van der Waals surface area contributed by atoms with Crippen LogP contribution in [-0.2, 0) is 13.1 Å². The van der Waals surface area contributed by atoms with Crippen molar-refractivity contribution in [2.45, 2.75) is 39.3 Å². The first-order valence-corrected chi connectivity index (χ1v) is 6.92. The van der Waals surface area contributed by atoms with Gasteiger partial charge in [-0.25, -0.2) is 4.99 Å². The first kappa shape index (κ1) is 13.6. The molecule has 0 atom stereocenters. The Balaban J connectivity index is 1.91. The minimum atomic E-state index is 0.0144. The van der Waals surface area contributed by atoms with E-state index in [9.17, 15) is 4.79 Å². The molecule has 2 rings (SSSR count). The molecular formula is C14H22N4O. The number of nitrogens with one attached hydrogen (secondary N) is 1. The fourth-order valence-electron chi connectivity index (χ4n) is 2.13. The summed E-state index contributed by atoms with van der Waals surface area (Å²) >= 11 is 0. The van der Waals surface area contributed by atoms with Crippen LogP contribution in [-0.4, -0.2) is 17.1 Å². The molecule has 0 aromatic carbocycles. The van der Waals surface area contributed by atoms with Gasteiger partial charge < -0.3 is 15.6 Å². The third-order valence-electron chi connectivity index (χ3n) is 3.66. The van der Waals surface area contributed by atoms with Crippen LogP contribution in [0.1, 0.15) is 31.7 Å². The molecule has 1 heterocycles. The predicted molar refractivity (Wildman–Crippen MR) is 77.0 cm³/mol. The molecule has 19 heavy (non-hydrogen) atoms. The van der Waals surface area contributed by atoms with E-state index in [0.717, 1.165) is 12.5 Å². The van der Waals surface area contributed by atoms with Crippen molar-refractivity contribution in [1.82, 2.24) is 9.88 Å². The van der Waals surface area contributed by atoms with Gasteiger partial charge in [-0.15, -0.1) is 0 Å². The zero-order chi connectivity index (χ0) is 13.7. The SMILES string of the molecule is CCn1cccc(CN=C(N)NCC2CCC2)c1=O. The lowest BCUT2D eigenvalue weighted by molar-refractivity contribution is 0.315. The minimum absolute atomic E-state index is 0.0144. The van der Waals surface area contributed by atoms with Crippen molar-refractivity contribution < 1.29 is 0 Å². The fraction of sp³-hybridized carbons (Fsp3) is 0.571. The summed E-state index contributed by atoms with van der Waals surface area (Å²) in [5.41, 5.74) is 6.49. The van der Waals surface area contributed by atoms with E-state index >= 15 is 0 Å². The second kappa shape index (κ2) is 6.41. The molecule has 0 spiro atoms. The number of pyridine rings is 1. The molecule has 1 aliphatic rings. The van der Waals surface area contributed by atoms with Crippen molar-refractivity contribution in [1.29, 1.82) is 0 Å². The largest absolute Gasteiger partial charge is 0.370 e. The van der Waals surface area contributed by atoms with Gasteiger partial charge in [-0.3, -0.25) is 4.79 Å². The summed E-state index contributed by atoms with van der Waals surface area (Å²) in [5.74, 6) is 1.17. The van der Waals surface area contributed by atoms with Crippen LogP contribution in [0.15, 0.2) is 28.1 Å². The van der Waals surface area contributed by atoms with Crippen LogP contribution in [0.3, 0.4) is 0 Å². The Kier molecular flexibility index (Phi) is 4.60. The molecule has 1 aromatic heterocycles. The number of hydrogen-bond acceptors (Lipinski definition) is 2. The van der Waals surface area contributed by atoms with Gasteiger partial charge in [0, 0.05) is 24.8 Å². The molecule has 0 bridgehead atoms. The Bertz CT molecular complexity index is 502. The molecule has 0 amide bonds. The highest BCUT2D eigenvalue weighted by Crippen LogP contribution is 2.24. The predicted octanol–water partition coefficient (Wildman–Crippen LogP) is 1.07. The number of aryl methyl sites for hydroxylation is 1. The van der Waals surface area contributed by atoms with Gasteiger partial charge in [-0.05, 0) is 31.7 Å². The van der Waals surface area contributed by atoms with E-state index in [0.29, 0.717) is 24.6 Å². The first-order valence-electron chi connectivity index (χ1n) is 6.92. The summed E-state index contributed by atoms with van der Waals surface area (Å²) < 4.78 is 1.67. The maximum absolute atomic E-state index is 12.0. The molecule has 1 fully saturated rings. The van der Waals surface area contributed by atoms with E-state index in [-0.39, 0.29) is 5.56 Å². The zero-order valence-electron chi connectivity index (χ0n) is 11.4. The quantitative estimate of drug-likeness (QED) is 0.616. The van der Waals surface area contributed by atoms with Gasteiger partial charge in [0.15, 0.2) is 5.96 Å². The number of guanidine groups is 1. The molecule has 5 heteroatoms. The summed E-state index contributed by atoms with van der Waals surface area (Å²) in [6, 6.07) is 3.67. The van der Waals surface area contributed by atoms with Gasteiger partial charge in [-0.1, -0.05) is 12.5 Å². The van der Waals surface area contributed by atoms with E-state index in [4.69, 9.17) is 5.73 Å². The Morgan fingerprint density at radius 3 is 3.00 bits per heavy atom. The molecule has 3 N–H and O–H groups in total. The van der Waals surface area contributed by atoms with Gasteiger partial charge in [-0.2, -0.15) is 0 Å². The topological polar surface area (TPSA) is 72.4 Å². The standard InChI is InChI=1S/C14H22N4O/c1-2-18-8-4-7-12(13(18)19)10-17-14(15)16-9-11-5-3-6-11/h4,7-8,11H,2-3,5-6,9-10H2,1H3,(H3,15,16,17). The Hall–Kier alpha value is -1.78. The number of aromatic nitrogens is 1. The van der Waals surface area contributed by atoms with Gasteiger partial charge in [0.1, 0.15) is 0 Å². The van der Waals surface area contributed by atoms with E-state index < -0.39 is 0 Å². The zero-order valence-corrected chi connectivity index (χ0v) is 11.4. The lowest BCUT2D eigenvalue weighted by Crippen LogP contribution is -2.37. The van der Waals surface area contributed by atoms with Crippen molar-refractivity contribution in [2.75, 3.05) is 6.54 Å². The summed E-state index contributed by atoms with van der Waals surface area (Å²) in [6.45, 7) is 3.85. The monoisotopic (exact) mass is 262 g/mol. The molecule has 1 aliphatic carbocycles. The number of nitrogens with two attached hydrogens (primary N) is 1. The average molecular weight is 262 g/mol. The maximum atomic E-state index is 12.0. The van der Waals surface area contributed by atoms with Crippen LogP contribution in [0.4, 0.5) is 0 Å². The van der Waals surface area contributed by atoms with E-state index in [1.165, 1.54) is 19.3 Å². The fourth-order valence-corrected chi connectivity index (χ4v) is 2.13. The summed E-state index contributed by atoms with van der Waals surface area (Å²) in [5, 5.41) is 3.12. The number of hydrogen-bond donors (Lipinski definition) is 2. The van der Waals surface area contributed by atoms with Crippen molar-refractivity contribution in [3.05, 3.63) is 34.2 Å². The highest BCUT2D eigenvalue weighted by molar-refractivity contribution is 5.77. The lowest BCUT2D eigenvalue weighted by atomic mass is 9.85. The van der Waals surface area contributed by atoms with Crippen LogP contribution in [0.2, 0.25) is 0 Å². The average Bonchev–Trinajstić information content (AvgIpc) is 2.36. The Labute approximate surface area is 113 Å². The molecule has 0 unspecified atom stereocenters. The summed E-state index contributed by atoms with van der Waals surface area (Å²) in [6.07, 6.45) is 5.66. The molecule has 0 saturated heterocycles. The van der Waals surface area contributed by atoms with Crippen LogP contribution >= 0.6 is 0 Å². The molecule has 1 saturated carbocycles. The van der Waals surface area contributed by atoms with Crippen molar-refractivity contribution in [3.8, 4) is 0 Å². The van der Waals surface area contributed by atoms with Crippen molar-refractivity contribution in [2.24, 2.45) is 16.6 Å². The molecule has 5 nitrogen and oxygen atoms in total. The number of nitrogens with zero attached hydrogens (tertiary/aromatic N) is 2. The smallest absolute Gasteiger partial charge is 0.255 e.